The SMILES string of the molecule is O=C(COC(=O)CSc1ccc2c(c1)CCC2)NC1CCCCC1. The molecule has 2 aliphatic rings. The van der Waals surface area contributed by atoms with Crippen LogP contribution in [-0.4, -0.2) is 30.3 Å². The summed E-state index contributed by atoms with van der Waals surface area (Å²) in [5.74, 6) is -0.271. The van der Waals surface area contributed by atoms with Gasteiger partial charge >= 0.3 is 5.97 Å². The number of nitrogens with one attached hydrogen (secondary N) is 1. The zero-order valence-electron chi connectivity index (χ0n) is 14.0. The first-order chi connectivity index (χ1) is 11.7. The molecule has 3 rings (SSSR count). The van der Waals surface area contributed by atoms with E-state index in [1.807, 2.05) is 0 Å². The monoisotopic (exact) mass is 347 g/mol. The number of benzene rings is 1. The molecule has 4 nitrogen and oxygen atoms in total. The molecule has 1 aromatic carbocycles. The quantitative estimate of drug-likeness (QED) is 0.634. The molecule has 0 aromatic heterocycles. The molecule has 0 unspecified atom stereocenters. The highest BCUT2D eigenvalue weighted by molar-refractivity contribution is 8.00. The molecule has 24 heavy (non-hydrogen) atoms. The van der Waals surface area contributed by atoms with E-state index >= 15 is 0 Å². The van der Waals surface area contributed by atoms with Crippen molar-refractivity contribution in [1.82, 2.24) is 5.32 Å². The second kappa shape index (κ2) is 8.56. The van der Waals surface area contributed by atoms with Crippen LogP contribution in [0.25, 0.3) is 0 Å². The number of carbonyl (C=O) groups is 2. The van der Waals surface area contributed by atoms with E-state index in [9.17, 15) is 9.59 Å². The Morgan fingerprint density at radius 2 is 1.88 bits per heavy atom. The normalized spacial score (nSPS) is 17.3. The molecule has 0 saturated heterocycles. The van der Waals surface area contributed by atoms with Gasteiger partial charge in [0.15, 0.2) is 6.61 Å². The summed E-state index contributed by atoms with van der Waals surface area (Å²) in [5, 5.41) is 2.95. The minimum absolute atomic E-state index is 0.167. The Bertz CT molecular complexity index is 596. The number of fused-ring (bicyclic) bond motifs is 1. The van der Waals surface area contributed by atoms with E-state index in [4.69, 9.17) is 4.74 Å². The molecule has 1 saturated carbocycles. The van der Waals surface area contributed by atoms with Crippen LogP contribution in [0.2, 0.25) is 0 Å². The smallest absolute Gasteiger partial charge is 0.316 e. The molecule has 1 fully saturated rings. The maximum atomic E-state index is 11.8. The molecule has 0 atom stereocenters. The maximum absolute atomic E-state index is 11.8. The van der Waals surface area contributed by atoms with Gasteiger partial charge in [-0.05, 0) is 55.4 Å². The Morgan fingerprint density at radius 3 is 2.71 bits per heavy atom. The van der Waals surface area contributed by atoms with Crippen LogP contribution in [0.4, 0.5) is 0 Å². The van der Waals surface area contributed by atoms with Gasteiger partial charge in [0.2, 0.25) is 0 Å². The van der Waals surface area contributed by atoms with Crippen molar-refractivity contribution in [3.8, 4) is 0 Å². The van der Waals surface area contributed by atoms with E-state index in [2.05, 4.69) is 23.5 Å². The molecule has 130 valence electrons. The van der Waals surface area contributed by atoms with Crippen molar-refractivity contribution in [2.45, 2.75) is 62.3 Å². The van der Waals surface area contributed by atoms with Crippen molar-refractivity contribution in [2.24, 2.45) is 0 Å². The van der Waals surface area contributed by atoms with Gasteiger partial charge in [-0.15, -0.1) is 11.8 Å². The summed E-state index contributed by atoms with van der Waals surface area (Å²) in [6, 6.07) is 6.66. The van der Waals surface area contributed by atoms with Crippen molar-refractivity contribution in [1.29, 1.82) is 0 Å². The number of aryl methyl sites for hydroxylation is 2. The summed E-state index contributed by atoms with van der Waals surface area (Å²) in [6.45, 7) is -0.167. The van der Waals surface area contributed by atoms with Crippen molar-refractivity contribution in [2.75, 3.05) is 12.4 Å². The van der Waals surface area contributed by atoms with Gasteiger partial charge in [-0.1, -0.05) is 25.3 Å². The number of rotatable bonds is 6. The fraction of sp³-hybridized carbons (Fsp3) is 0.579. The van der Waals surface area contributed by atoms with Crippen LogP contribution in [0.3, 0.4) is 0 Å². The molecule has 0 heterocycles. The highest BCUT2D eigenvalue weighted by atomic mass is 32.2. The van der Waals surface area contributed by atoms with Crippen LogP contribution in [0, 0.1) is 0 Å². The fourth-order valence-electron chi connectivity index (χ4n) is 3.48. The zero-order valence-corrected chi connectivity index (χ0v) is 14.8. The van der Waals surface area contributed by atoms with Gasteiger partial charge in [0.25, 0.3) is 5.91 Å². The summed E-state index contributed by atoms with van der Waals surface area (Å²) < 4.78 is 5.09. The van der Waals surface area contributed by atoms with Crippen LogP contribution in [0.1, 0.15) is 49.7 Å². The number of carbonyl (C=O) groups excluding carboxylic acids is 2. The zero-order chi connectivity index (χ0) is 16.8. The third-order valence-electron chi connectivity index (χ3n) is 4.76. The van der Waals surface area contributed by atoms with Gasteiger partial charge in [-0.2, -0.15) is 0 Å². The molecule has 1 amide bonds. The van der Waals surface area contributed by atoms with Gasteiger partial charge in [0, 0.05) is 10.9 Å². The van der Waals surface area contributed by atoms with Gasteiger partial charge in [-0.3, -0.25) is 9.59 Å². The van der Waals surface area contributed by atoms with E-state index in [1.165, 1.54) is 55.0 Å². The molecule has 0 aliphatic heterocycles. The fourth-order valence-corrected chi connectivity index (χ4v) is 4.24. The molecule has 1 aromatic rings. The number of hydrogen-bond donors (Lipinski definition) is 1. The Balaban J connectivity index is 1.35. The van der Waals surface area contributed by atoms with E-state index in [1.54, 1.807) is 0 Å². The minimum atomic E-state index is -0.334. The van der Waals surface area contributed by atoms with Crippen molar-refractivity contribution < 1.29 is 14.3 Å². The number of esters is 1. The molecule has 5 heteroatoms. The third kappa shape index (κ3) is 5.00. The van der Waals surface area contributed by atoms with Crippen molar-refractivity contribution in [3.63, 3.8) is 0 Å². The lowest BCUT2D eigenvalue weighted by Crippen LogP contribution is -2.38. The number of hydrogen-bond acceptors (Lipinski definition) is 4. The van der Waals surface area contributed by atoms with E-state index in [-0.39, 0.29) is 30.3 Å². The summed E-state index contributed by atoms with van der Waals surface area (Å²) in [6.07, 6.45) is 9.18. The third-order valence-corrected chi connectivity index (χ3v) is 5.73. The van der Waals surface area contributed by atoms with Crippen LogP contribution in [-0.2, 0) is 27.2 Å². The van der Waals surface area contributed by atoms with Gasteiger partial charge in [-0.25, -0.2) is 0 Å². The Hall–Kier alpha value is -1.49. The molecular formula is C19H25NO3S. The Kier molecular flexibility index (Phi) is 6.18. The highest BCUT2D eigenvalue weighted by Gasteiger charge is 2.17. The maximum Gasteiger partial charge on any atom is 0.316 e. The van der Waals surface area contributed by atoms with Crippen LogP contribution in [0.15, 0.2) is 23.1 Å². The average Bonchev–Trinajstić information content (AvgIpc) is 3.07. The summed E-state index contributed by atoms with van der Waals surface area (Å²) >= 11 is 1.48. The van der Waals surface area contributed by atoms with Gasteiger partial charge in [0.1, 0.15) is 0 Å². The lowest BCUT2D eigenvalue weighted by molar-refractivity contribution is -0.146. The standard InChI is InChI=1S/C19H25NO3S/c21-18(20-16-7-2-1-3-8-16)12-23-19(22)13-24-17-10-9-14-5-4-6-15(14)11-17/h9-11,16H,1-8,12-13H2,(H,20,21). The van der Waals surface area contributed by atoms with Crippen LogP contribution < -0.4 is 5.32 Å². The minimum Gasteiger partial charge on any atom is -0.455 e. The average molecular weight is 347 g/mol. The molecule has 1 N–H and O–H groups in total. The topological polar surface area (TPSA) is 55.4 Å². The largest absolute Gasteiger partial charge is 0.455 e. The lowest BCUT2D eigenvalue weighted by atomic mass is 9.95. The second-order valence-electron chi connectivity index (χ2n) is 6.64. The molecule has 0 spiro atoms. The Morgan fingerprint density at radius 1 is 1.08 bits per heavy atom. The Labute approximate surface area is 147 Å². The molecular weight excluding hydrogens is 322 g/mol. The van der Waals surface area contributed by atoms with E-state index in [0.29, 0.717) is 0 Å². The van der Waals surface area contributed by atoms with Gasteiger partial charge in [0.05, 0.1) is 5.75 Å². The lowest BCUT2D eigenvalue weighted by Gasteiger charge is -2.22. The van der Waals surface area contributed by atoms with Crippen LogP contribution in [0.5, 0.6) is 0 Å². The first kappa shape index (κ1) is 17.3. The summed E-state index contributed by atoms with van der Waals surface area (Å²) in [5.41, 5.74) is 2.83. The molecule has 0 bridgehead atoms. The number of ether oxygens (including phenoxy) is 1. The predicted octanol–water partition coefficient (Wildman–Crippen LogP) is 3.26. The van der Waals surface area contributed by atoms with Crippen molar-refractivity contribution >= 4 is 23.6 Å². The van der Waals surface area contributed by atoms with Crippen LogP contribution >= 0.6 is 11.8 Å². The van der Waals surface area contributed by atoms with E-state index < -0.39 is 0 Å². The molecule has 0 radical (unpaired) electrons. The second-order valence-corrected chi connectivity index (χ2v) is 7.68. The number of thioether (sulfide) groups is 1. The van der Waals surface area contributed by atoms with E-state index in [0.717, 1.165) is 24.2 Å². The predicted molar refractivity (Wildman–Crippen MR) is 95.2 cm³/mol. The summed E-state index contributed by atoms with van der Waals surface area (Å²) in [7, 11) is 0. The first-order valence-corrected chi connectivity index (χ1v) is 9.89. The molecule has 2 aliphatic carbocycles. The van der Waals surface area contributed by atoms with Crippen molar-refractivity contribution in [3.05, 3.63) is 29.3 Å². The highest BCUT2D eigenvalue weighted by Crippen LogP contribution is 2.27. The summed E-state index contributed by atoms with van der Waals surface area (Å²) in [4.78, 5) is 24.7. The first-order valence-electron chi connectivity index (χ1n) is 8.90. The number of amides is 1. The van der Waals surface area contributed by atoms with Gasteiger partial charge < -0.3 is 10.1 Å².